The van der Waals surface area contributed by atoms with Gasteiger partial charge in [-0.25, -0.2) is 9.59 Å². The van der Waals surface area contributed by atoms with Gasteiger partial charge in [0.05, 0.1) is 24.3 Å². The number of aliphatic hydroxyl groups is 2. The minimum atomic E-state index is -1.17. The van der Waals surface area contributed by atoms with Crippen LogP contribution in [0.4, 0.5) is 0 Å². The van der Waals surface area contributed by atoms with E-state index >= 15 is 0 Å². The normalized spacial score (nSPS) is 12.9. The van der Waals surface area contributed by atoms with E-state index in [2.05, 4.69) is 0 Å². The molecule has 0 unspecified atom stereocenters. The van der Waals surface area contributed by atoms with E-state index in [1.807, 2.05) is 0 Å². The van der Waals surface area contributed by atoms with E-state index in [1.165, 1.54) is 0 Å². The summed E-state index contributed by atoms with van der Waals surface area (Å²) in [6, 6.07) is 16.4. The number of benzene rings is 2. The van der Waals surface area contributed by atoms with Crippen LogP contribution < -0.4 is 0 Å². The molecule has 0 saturated carbocycles. The third-order valence-electron chi connectivity index (χ3n) is 3.31. The molecule has 0 fully saturated rings. The van der Waals surface area contributed by atoms with E-state index in [4.69, 9.17) is 9.47 Å². The van der Waals surface area contributed by atoms with E-state index in [1.54, 1.807) is 60.7 Å². The maximum atomic E-state index is 12.0. The van der Waals surface area contributed by atoms with Crippen LogP contribution in [0, 0.1) is 0 Å². The Balaban J connectivity index is 2.03. The highest BCUT2D eigenvalue weighted by Crippen LogP contribution is 2.11. The Hall–Kier alpha value is -2.70. The first kappa shape index (κ1) is 17.7. The largest absolute Gasteiger partial charge is 0.452 e. The molecule has 0 spiro atoms. The maximum absolute atomic E-state index is 12.0. The van der Waals surface area contributed by atoms with Crippen molar-refractivity contribution in [3.05, 3.63) is 71.8 Å². The quantitative estimate of drug-likeness (QED) is 0.746. The molecule has 2 aromatic carbocycles. The van der Waals surface area contributed by atoms with Gasteiger partial charge in [-0.2, -0.15) is 0 Å². The number of rotatable bonds is 7. The van der Waals surface area contributed by atoms with E-state index in [0.717, 1.165) is 0 Å². The van der Waals surface area contributed by atoms with E-state index in [0.29, 0.717) is 11.1 Å². The van der Waals surface area contributed by atoms with Crippen LogP contribution >= 0.6 is 0 Å². The molecule has 0 amide bonds. The van der Waals surface area contributed by atoms with Gasteiger partial charge in [0.1, 0.15) is 0 Å². The lowest BCUT2D eigenvalue weighted by Gasteiger charge is -2.24. The fraction of sp³-hybridized carbons (Fsp3) is 0.222. The molecule has 2 rings (SSSR count). The van der Waals surface area contributed by atoms with Crippen molar-refractivity contribution in [2.75, 3.05) is 13.2 Å². The van der Waals surface area contributed by atoms with Gasteiger partial charge in [-0.3, -0.25) is 0 Å². The zero-order chi connectivity index (χ0) is 17.4. The summed E-state index contributed by atoms with van der Waals surface area (Å²) < 4.78 is 10.3. The van der Waals surface area contributed by atoms with Gasteiger partial charge in [0.15, 0.2) is 12.2 Å². The van der Waals surface area contributed by atoms with Gasteiger partial charge in [0.2, 0.25) is 0 Å². The lowest BCUT2D eigenvalue weighted by molar-refractivity contribution is -0.0683. The lowest BCUT2D eigenvalue weighted by Crippen LogP contribution is -2.40. The molecule has 2 N–H and O–H groups in total. The first-order chi connectivity index (χ1) is 11.7. The molecular formula is C18H18O6. The molecule has 0 bridgehead atoms. The minimum absolute atomic E-state index is 0.294. The summed E-state index contributed by atoms with van der Waals surface area (Å²) >= 11 is 0. The number of hydrogen-bond donors (Lipinski definition) is 2. The average Bonchev–Trinajstić information content (AvgIpc) is 2.65. The van der Waals surface area contributed by atoms with Gasteiger partial charge in [-0.1, -0.05) is 36.4 Å². The number of carbonyl (C=O) groups excluding carboxylic acids is 2. The first-order valence-electron chi connectivity index (χ1n) is 7.39. The van der Waals surface area contributed by atoms with Crippen LogP contribution in [-0.4, -0.2) is 47.6 Å². The van der Waals surface area contributed by atoms with Crippen LogP contribution in [0.5, 0.6) is 0 Å². The van der Waals surface area contributed by atoms with Crippen molar-refractivity contribution in [3.63, 3.8) is 0 Å². The molecule has 0 aliphatic rings. The van der Waals surface area contributed by atoms with E-state index in [-0.39, 0.29) is 0 Å². The zero-order valence-corrected chi connectivity index (χ0v) is 12.9. The van der Waals surface area contributed by atoms with Gasteiger partial charge in [-0.15, -0.1) is 0 Å². The Labute approximate surface area is 139 Å². The Morgan fingerprint density at radius 3 is 1.33 bits per heavy atom. The third-order valence-corrected chi connectivity index (χ3v) is 3.31. The van der Waals surface area contributed by atoms with Crippen LogP contribution in [0.2, 0.25) is 0 Å². The second kappa shape index (κ2) is 8.81. The van der Waals surface area contributed by atoms with Crippen molar-refractivity contribution in [1.29, 1.82) is 0 Å². The molecule has 2 atom stereocenters. The maximum Gasteiger partial charge on any atom is 0.338 e. The predicted molar refractivity (Wildman–Crippen MR) is 85.5 cm³/mol. The molecule has 126 valence electrons. The van der Waals surface area contributed by atoms with Gasteiger partial charge in [0.25, 0.3) is 0 Å². The zero-order valence-electron chi connectivity index (χ0n) is 12.9. The molecule has 2 aromatic rings. The van der Waals surface area contributed by atoms with Crippen LogP contribution in [0.1, 0.15) is 20.7 Å². The highest BCUT2D eigenvalue weighted by Gasteiger charge is 2.28. The molecule has 6 heteroatoms. The molecule has 0 aromatic heterocycles. The summed E-state index contributed by atoms with van der Waals surface area (Å²) in [4.78, 5) is 24.1. The molecule has 0 aliphatic heterocycles. The van der Waals surface area contributed by atoms with E-state index in [9.17, 15) is 19.8 Å². The Bertz CT molecular complexity index is 596. The van der Waals surface area contributed by atoms with Gasteiger partial charge in [0, 0.05) is 0 Å². The fourth-order valence-electron chi connectivity index (χ4n) is 2.02. The second-order valence-corrected chi connectivity index (χ2v) is 4.98. The molecule has 6 nitrogen and oxygen atoms in total. The number of aliphatic hydroxyl groups excluding tert-OH is 2. The topological polar surface area (TPSA) is 93.1 Å². The van der Waals surface area contributed by atoms with Crippen molar-refractivity contribution < 1.29 is 29.3 Å². The Kier molecular flexibility index (Phi) is 6.48. The molecular weight excluding hydrogens is 312 g/mol. The number of esters is 2. The van der Waals surface area contributed by atoms with Gasteiger partial charge in [-0.05, 0) is 24.3 Å². The standard InChI is InChI=1S/C18H18O6/c19-11-15(23-17(21)13-7-3-1-4-8-13)16(12-20)24-18(22)14-9-5-2-6-10-14/h1-10,15-16,19-20H,11-12H2/t15-,16-/m0/s1. The van der Waals surface area contributed by atoms with Crippen molar-refractivity contribution in [2.45, 2.75) is 12.2 Å². The number of carbonyl (C=O) groups is 2. The molecule has 0 radical (unpaired) electrons. The minimum Gasteiger partial charge on any atom is -0.452 e. The summed E-state index contributed by atoms with van der Waals surface area (Å²) in [5.74, 6) is -1.35. The number of ether oxygens (including phenoxy) is 2. The lowest BCUT2D eigenvalue weighted by atomic mass is 10.2. The molecule has 0 saturated heterocycles. The summed E-state index contributed by atoms with van der Waals surface area (Å²) in [7, 11) is 0. The van der Waals surface area contributed by atoms with Crippen LogP contribution in [-0.2, 0) is 9.47 Å². The molecule has 24 heavy (non-hydrogen) atoms. The van der Waals surface area contributed by atoms with Crippen molar-refractivity contribution in [3.8, 4) is 0 Å². The van der Waals surface area contributed by atoms with Crippen LogP contribution in [0.25, 0.3) is 0 Å². The van der Waals surface area contributed by atoms with Crippen molar-refractivity contribution >= 4 is 11.9 Å². The summed E-state index contributed by atoms with van der Waals surface area (Å²) in [5, 5.41) is 18.9. The first-order valence-corrected chi connectivity index (χ1v) is 7.39. The fourth-order valence-corrected chi connectivity index (χ4v) is 2.02. The average molecular weight is 330 g/mol. The highest BCUT2D eigenvalue weighted by atomic mass is 16.6. The van der Waals surface area contributed by atoms with Crippen molar-refractivity contribution in [1.82, 2.24) is 0 Å². The van der Waals surface area contributed by atoms with Gasteiger partial charge >= 0.3 is 11.9 Å². The SMILES string of the molecule is O=C(O[C@@H](CO)[C@H](CO)OC(=O)c1ccccc1)c1ccccc1. The summed E-state index contributed by atoms with van der Waals surface area (Å²) in [5.41, 5.74) is 0.587. The van der Waals surface area contributed by atoms with Crippen LogP contribution in [0.3, 0.4) is 0 Å². The monoisotopic (exact) mass is 330 g/mol. The van der Waals surface area contributed by atoms with Crippen LogP contribution in [0.15, 0.2) is 60.7 Å². The summed E-state index contributed by atoms with van der Waals surface area (Å²) in [6.07, 6.45) is -2.34. The molecule has 0 aliphatic carbocycles. The second-order valence-electron chi connectivity index (χ2n) is 4.98. The molecule has 0 heterocycles. The Morgan fingerprint density at radius 1 is 0.708 bits per heavy atom. The summed E-state index contributed by atoms with van der Waals surface area (Å²) in [6.45, 7) is -1.18. The highest BCUT2D eigenvalue weighted by molar-refractivity contribution is 5.90. The predicted octanol–water partition coefficient (Wildman–Crippen LogP) is 1.42. The van der Waals surface area contributed by atoms with E-state index < -0.39 is 37.4 Å². The number of hydrogen-bond acceptors (Lipinski definition) is 6. The third kappa shape index (κ3) is 4.65. The Morgan fingerprint density at radius 2 is 1.04 bits per heavy atom. The van der Waals surface area contributed by atoms with Crippen molar-refractivity contribution in [2.24, 2.45) is 0 Å². The smallest absolute Gasteiger partial charge is 0.338 e. The van der Waals surface area contributed by atoms with Gasteiger partial charge < -0.3 is 19.7 Å².